The van der Waals surface area contributed by atoms with Crippen molar-refractivity contribution in [3.05, 3.63) is 35.4 Å². The quantitative estimate of drug-likeness (QED) is 0.504. The van der Waals surface area contributed by atoms with Crippen LogP contribution in [0.3, 0.4) is 0 Å². The number of ether oxygens (including phenoxy) is 1. The lowest BCUT2D eigenvalue weighted by Gasteiger charge is -2.43. The summed E-state index contributed by atoms with van der Waals surface area (Å²) in [5.74, 6) is -0.460. The second kappa shape index (κ2) is 12.1. The molecular formula is C26H41N3O4. The number of hydrogen-bond donors (Lipinski definition) is 2. The summed E-state index contributed by atoms with van der Waals surface area (Å²) in [5, 5.41) is 5.67. The number of benzene rings is 1. The average Bonchev–Trinajstić information content (AvgIpc) is 2.70. The van der Waals surface area contributed by atoms with Gasteiger partial charge in [0.05, 0.1) is 0 Å². The zero-order chi connectivity index (χ0) is 24.6. The Kier molecular flexibility index (Phi) is 9.74. The Labute approximate surface area is 198 Å². The molecule has 1 aromatic rings. The Morgan fingerprint density at radius 2 is 1.76 bits per heavy atom. The van der Waals surface area contributed by atoms with Crippen LogP contribution in [0.15, 0.2) is 24.3 Å². The van der Waals surface area contributed by atoms with Crippen LogP contribution >= 0.6 is 0 Å². The summed E-state index contributed by atoms with van der Waals surface area (Å²) in [6.07, 6.45) is 4.80. The fourth-order valence-corrected chi connectivity index (χ4v) is 3.81. The molecule has 0 radical (unpaired) electrons. The van der Waals surface area contributed by atoms with Gasteiger partial charge in [0.1, 0.15) is 17.7 Å². The summed E-state index contributed by atoms with van der Waals surface area (Å²) < 4.78 is 5.32. The maximum atomic E-state index is 13.6. The fraction of sp³-hybridized carbons (Fsp3) is 0.654. The van der Waals surface area contributed by atoms with Crippen molar-refractivity contribution in [1.82, 2.24) is 15.5 Å². The van der Waals surface area contributed by atoms with Crippen LogP contribution in [0.2, 0.25) is 0 Å². The number of alkyl carbamates (subject to hydrolysis) is 1. The molecule has 7 nitrogen and oxygen atoms in total. The minimum atomic E-state index is -0.818. The minimum Gasteiger partial charge on any atom is -0.444 e. The topological polar surface area (TPSA) is 87.7 Å². The number of hydrogen-bond acceptors (Lipinski definition) is 4. The number of carbonyl (C=O) groups excluding carboxylic acids is 3. The normalized spacial score (nSPS) is 15.7. The van der Waals surface area contributed by atoms with Gasteiger partial charge in [0.15, 0.2) is 0 Å². The maximum Gasteiger partial charge on any atom is 0.408 e. The SMILES string of the molecule is CCCCNC(=O)C(c1ccc(CC)cc1)N(C(=O)C(C)NC(=O)OC(C)(C)C)C1CCC1. The number of unbranched alkanes of at least 4 members (excludes halogenated alkanes) is 1. The number of rotatable bonds is 10. The van der Waals surface area contributed by atoms with Crippen molar-refractivity contribution in [2.45, 2.75) is 104 Å². The Balaban J connectivity index is 2.33. The van der Waals surface area contributed by atoms with Gasteiger partial charge in [0.25, 0.3) is 0 Å². The van der Waals surface area contributed by atoms with Crippen molar-refractivity contribution < 1.29 is 19.1 Å². The first-order valence-electron chi connectivity index (χ1n) is 12.3. The van der Waals surface area contributed by atoms with Gasteiger partial charge in [-0.25, -0.2) is 4.79 Å². The van der Waals surface area contributed by atoms with Crippen LogP contribution in [0, 0.1) is 0 Å². The standard InChI is InChI=1S/C26H41N3O4/c1-7-9-17-27-23(30)22(20-15-13-19(8-2)14-16-20)29(21-11-10-12-21)24(31)18(3)28-25(32)33-26(4,5)6/h13-16,18,21-22H,7-12,17H2,1-6H3,(H,27,30)(H,28,32). The molecule has 2 N–H and O–H groups in total. The van der Waals surface area contributed by atoms with E-state index in [0.717, 1.165) is 44.1 Å². The molecule has 2 rings (SSSR count). The molecule has 33 heavy (non-hydrogen) atoms. The van der Waals surface area contributed by atoms with Crippen molar-refractivity contribution in [1.29, 1.82) is 0 Å². The number of amides is 3. The molecule has 1 aromatic carbocycles. The first-order chi connectivity index (χ1) is 15.6. The summed E-state index contributed by atoms with van der Waals surface area (Å²) in [5.41, 5.74) is 1.29. The van der Waals surface area contributed by atoms with Crippen LogP contribution in [0.1, 0.15) is 90.8 Å². The predicted octanol–water partition coefficient (Wildman–Crippen LogP) is 4.50. The van der Waals surface area contributed by atoms with Gasteiger partial charge in [0, 0.05) is 12.6 Å². The molecule has 0 saturated heterocycles. The molecule has 7 heteroatoms. The molecule has 1 fully saturated rings. The lowest BCUT2D eigenvalue weighted by Crippen LogP contribution is -2.56. The first kappa shape index (κ1) is 26.7. The number of nitrogens with zero attached hydrogens (tertiary/aromatic N) is 1. The van der Waals surface area contributed by atoms with Crippen molar-refractivity contribution in [3.8, 4) is 0 Å². The molecule has 2 unspecified atom stereocenters. The van der Waals surface area contributed by atoms with Gasteiger partial charge in [0.2, 0.25) is 11.8 Å². The van der Waals surface area contributed by atoms with Gasteiger partial charge < -0.3 is 20.3 Å². The van der Waals surface area contributed by atoms with E-state index in [9.17, 15) is 14.4 Å². The van der Waals surface area contributed by atoms with Crippen LogP contribution in [-0.2, 0) is 20.7 Å². The van der Waals surface area contributed by atoms with Crippen LogP contribution in [-0.4, -0.2) is 47.0 Å². The molecule has 0 spiro atoms. The lowest BCUT2D eigenvalue weighted by molar-refractivity contribution is -0.147. The van der Waals surface area contributed by atoms with Crippen molar-refractivity contribution in [2.75, 3.05) is 6.54 Å². The van der Waals surface area contributed by atoms with Gasteiger partial charge >= 0.3 is 6.09 Å². The molecule has 0 aliphatic heterocycles. The zero-order valence-electron chi connectivity index (χ0n) is 21.1. The van der Waals surface area contributed by atoms with E-state index < -0.39 is 23.8 Å². The predicted molar refractivity (Wildman–Crippen MR) is 130 cm³/mol. The summed E-state index contributed by atoms with van der Waals surface area (Å²) in [6, 6.07) is 6.30. The van der Waals surface area contributed by atoms with Gasteiger partial charge in [-0.15, -0.1) is 0 Å². The lowest BCUT2D eigenvalue weighted by atomic mass is 9.88. The highest BCUT2D eigenvalue weighted by Gasteiger charge is 2.40. The first-order valence-corrected chi connectivity index (χ1v) is 12.3. The molecule has 2 atom stereocenters. The van der Waals surface area contributed by atoms with Gasteiger partial charge in [-0.05, 0) is 70.9 Å². The Morgan fingerprint density at radius 3 is 2.24 bits per heavy atom. The van der Waals surface area contributed by atoms with E-state index >= 15 is 0 Å². The number of aryl methyl sites for hydroxylation is 1. The third-order valence-corrected chi connectivity index (χ3v) is 5.89. The molecule has 1 aliphatic rings. The largest absolute Gasteiger partial charge is 0.444 e. The molecule has 184 valence electrons. The van der Waals surface area contributed by atoms with Gasteiger partial charge in [-0.2, -0.15) is 0 Å². The van der Waals surface area contributed by atoms with Gasteiger partial charge in [-0.3, -0.25) is 9.59 Å². The highest BCUT2D eigenvalue weighted by atomic mass is 16.6. The van der Waals surface area contributed by atoms with Crippen molar-refractivity contribution in [2.24, 2.45) is 0 Å². The molecule has 0 heterocycles. The van der Waals surface area contributed by atoms with Gasteiger partial charge in [-0.1, -0.05) is 44.5 Å². The Bertz CT molecular complexity index is 797. The van der Waals surface area contributed by atoms with Crippen LogP contribution in [0.25, 0.3) is 0 Å². The fourth-order valence-electron chi connectivity index (χ4n) is 3.81. The van der Waals surface area contributed by atoms with E-state index in [1.165, 1.54) is 5.56 Å². The number of nitrogens with one attached hydrogen (secondary N) is 2. The molecule has 1 saturated carbocycles. The van der Waals surface area contributed by atoms with Crippen LogP contribution in [0.4, 0.5) is 4.79 Å². The summed E-state index contributed by atoms with van der Waals surface area (Å²) >= 11 is 0. The molecule has 3 amide bonds. The monoisotopic (exact) mass is 459 g/mol. The zero-order valence-corrected chi connectivity index (χ0v) is 21.1. The Hall–Kier alpha value is -2.57. The van der Waals surface area contributed by atoms with E-state index in [-0.39, 0.29) is 17.9 Å². The summed E-state index contributed by atoms with van der Waals surface area (Å²) in [6.45, 7) is 11.7. The van der Waals surface area contributed by atoms with E-state index in [2.05, 4.69) is 24.5 Å². The van der Waals surface area contributed by atoms with E-state index in [1.807, 2.05) is 24.3 Å². The third-order valence-electron chi connectivity index (χ3n) is 5.89. The smallest absolute Gasteiger partial charge is 0.408 e. The van der Waals surface area contributed by atoms with Crippen molar-refractivity contribution in [3.63, 3.8) is 0 Å². The van der Waals surface area contributed by atoms with Crippen LogP contribution in [0.5, 0.6) is 0 Å². The maximum absolute atomic E-state index is 13.6. The van der Waals surface area contributed by atoms with E-state index in [4.69, 9.17) is 4.74 Å². The summed E-state index contributed by atoms with van der Waals surface area (Å²) in [7, 11) is 0. The molecule has 0 aromatic heterocycles. The van der Waals surface area contributed by atoms with E-state index in [0.29, 0.717) is 6.54 Å². The highest BCUT2D eigenvalue weighted by Crippen LogP contribution is 2.33. The minimum absolute atomic E-state index is 0.0341. The second-order valence-corrected chi connectivity index (χ2v) is 9.84. The third kappa shape index (κ3) is 7.76. The highest BCUT2D eigenvalue weighted by molar-refractivity contribution is 5.92. The Morgan fingerprint density at radius 1 is 1.12 bits per heavy atom. The summed E-state index contributed by atoms with van der Waals surface area (Å²) in [4.78, 5) is 41.0. The van der Waals surface area contributed by atoms with E-state index in [1.54, 1.807) is 32.6 Å². The molecule has 0 bridgehead atoms. The number of carbonyl (C=O) groups is 3. The average molecular weight is 460 g/mol. The molecular weight excluding hydrogens is 418 g/mol. The van der Waals surface area contributed by atoms with Crippen LogP contribution < -0.4 is 10.6 Å². The second-order valence-electron chi connectivity index (χ2n) is 9.84. The van der Waals surface area contributed by atoms with Crippen molar-refractivity contribution >= 4 is 17.9 Å². The molecule has 1 aliphatic carbocycles.